The minimum atomic E-state index is 0.976. The highest BCUT2D eigenvalue weighted by molar-refractivity contribution is 7.13. The van der Waals surface area contributed by atoms with Crippen molar-refractivity contribution in [2.24, 2.45) is 0 Å². The van der Waals surface area contributed by atoms with Gasteiger partial charge in [0.05, 0.1) is 5.69 Å². The van der Waals surface area contributed by atoms with Gasteiger partial charge in [-0.05, 0) is 12.5 Å². The Morgan fingerprint density at radius 3 is 2.84 bits per heavy atom. The van der Waals surface area contributed by atoms with E-state index in [0.717, 1.165) is 37.7 Å². The van der Waals surface area contributed by atoms with Crippen molar-refractivity contribution < 1.29 is 0 Å². The number of nitrogens with zero attached hydrogens (tertiary/aromatic N) is 2. The van der Waals surface area contributed by atoms with Gasteiger partial charge in [0.15, 0.2) is 0 Å². The number of piperazine rings is 1. The third-order valence-electron chi connectivity index (χ3n) is 3.52. The fourth-order valence-electron chi connectivity index (χ4n) is 2.41. The average molecular weight is 273 g/mol. The van der Waals surface area contributed by atoms with Crippen LogP contribution in [0.2, 0.25) is 0 Å². The molecule has 1 fully saturated rings. The summed E-state index contributed by atoms with van der Waals surface area (Å²) in [6.45, 7) is 7.55. The lowest BCUT2D eigenvalue weighted by molar-refractivity contribution is 0.231. The molecule has 1 aromatic carbocycles. The van der Waals surface area contributed by atoms with Crippen LogP contribution in [-0.4, -0.2) is 36.1 Å². The molecule has 0 bridgehead atoms. The van der Waals surface area contributed by atoms with Crippen LogP contribution < -0.4 is 5.32 Å². The van der Waals surface area contributed by atoms with E-state index in [4.69, 9.17) is 4.98 Å². The smallest absolute Gasteiger partial charge is 0.123 e. The molecule has 1 saturated heterocycles. The lowest BCUT2D eigenvalue weighted by atomic mass is 10.1. The van der Waals surface area contributed by atoms with Crippen molar-refractivity contribution in [3.8, 4) is 10.6 Å². The molecule has 3 nitrogen and oxygen atoms in total. The first-order valence-corrected chi connectivity index (χ1v) is 7.64. The van der Waals surface area contributed by atoms with E-state index < -0.39 is 0 Å². The van der Waals surface area contributed by atoms with Gasteiger partial charge in [-0.2, -0.15) is 0 Å². The molecule has 100 valence electrons. The van der Waals surface area contributed by atoms with Gasteiger partial charge in [0.25, 0.3) is 0 Å². The molecule has 1 aliphatic rings. The van der Waals surface area contributed by atoms with Gasteiger partial charge in [-0.25, -0.2) is 4.98 Å². The molecule has 1 N–H and O–H groups in total. The molecule has 0 aliphatic carbocycles. The van der Waals surface area contributed by atoms with Crippen LogP contribution in [0.4, 0.5) is 0 Å². The highest BCUT2D eigenvalue weighted by Crippen LogP contribution is 2.26. The predicted molar refractivity (Wildman–Crippen MR) is 80.4 cm³/mol. The Morgan fingerprint density at radius 2 is 2.05 bits per heavy atom. The normalized spacial score (nSPS) is 16.7. The highest BCUT2D eigenvalue weighted by Gasteiger charge is 2.12. The van der Waals surface area contributed by atoms with E-state index in [0.29, 0.717) is 0 Å². The van der Waals surface area contributed by atoms with Crippen LogP contribution >= 0.6 is 11.3 Å². The Kier molecular flexibility index (Phi) is 3.92. The van der Waals surface area contributed by atoms with Crippen molar-refractivity contribution in [2.45, 2.75) is 13.5 Å². The summed E-state index contributed by atoms with van der Waals surface area (Å²) < 4.78 is 0. The molecule has 1 aromatic heterocycles. The van der Waals surface area contributed by atoms with E-state index in [9.17, 15) is 0 Å². The first-order chi connectivity index (χ1) is 9.33. The monoisotopic (exact) mass is 273 g/mol. The number of thiazole rings is 1. The molecule has 2 aromatic rings. The molecular formula is C15H19N3S. The maximum Gasteiger partial charge on any atom is 0.123 e. The van der Waals surface area contributed by atoms with Crippen LogP contribution in [-0.2, 0) is 6.54 Å². The summed E-state index contributed by atoms with van der Waals surface area (Å²) >= 11 is 1.75. The van der Waals surface area contributed by atoms with Crippen LogP contribution in [0.25, 0.3) is 10.6 Å². The Balaban J connectivity index is 1.74. The number of nitrogens with one attached hydrogen (secondary N) is 1. The minimum absolute atomic E-state index is 0.976. The summed E-state index contributed by atoms with van der Waals surface area (Å²) in [5.74, 6) is 0. The topological polar surface area (TPSA) is 28.2 Å². The second-order valence-electron chi connectivity index (χ2n) is 4.99. The predicted octanol–water partition coefficient (Wildman–Crippen LogP) is 2.52. The minimum Gasteiger partial charge on any atom is -0.314 e. The first-order valence-electron chi connectivity index (χ1n) is 6.76. The lowest BCUT2D eigenvalue weighted by Crippen LogP contribution is -2.42. The molecule has 0 radical (unpaired) electrons. The van der Waals surface area contributed by atoms with E-state index in [1.165, 1.54) is 16.8 Å². The van der Waals surface area contributed by atoms with Crippen LogP contribution in [0, 0.1) is 6.92 Å². The third kappa shape index (κ3) is 3.03. The van der Waals surface area contributed by atoms with Crippen molar-refractivity contribution >= 4 is 11.3 Å². The van der Waals surface area contributed by atoms with Gasteiger partial charge in [-0.1, -0.05) is 24.3 Å². The molecule has 3 rings (SSSR count). The zero-order chi connectivity index (χ0) is 13.1. The number of aryl methyl sites for hydroxylation is 1. The fraction of sp³-hybridized carbons (Fsp3) is 0.400. The number of aromatic nitrogens is 1. The molecule has 19 heavy (non-hydrogen) atoms. The summed E-state index contributed by atoms with van der Waals surface area (Å²) in [4.78, 5) is 7.26. The van der Waals surface area contributed by atoms with Crippen LogP contribution in [0.3, 0.4) is 0 Å². The van der Waals surface area contributed by atoms with E-state index in [1.54, 1.807) is 11.3 Å². The van der Waals surface area contributed by atoms with Gasteiger partial charge in [0, 0.05) is 43.7 Å². The maximum atomic E-state index is 4.79. The molecule has 0 saturated carbocycles. The fourth-order valence-corrected chi connectivity index (χ4v) is 3.32. The van der Waals surface area contributed by atoms with E-state index in [1.807, 2.05) is 0 Å². The van der Waals surface area contributed by atoms with Gasteiger partial charge < -0.3 is 5.32 Å². The van der Waals surface area contributed by atoms with Crippen LogP contribution in [0.15, 0.2) is 29.6 Å². The standard InChI is InChI=1S/C15H19N3S/c1-12-4-2-3-5-14(12)15-17-13(11-19-15)10-18-8-6-16-7-9-18/h2-5,11,16H,6-10H2,1H3. The Morgan fingerprint density at radius 1 is 1.26 bits per heavy atom. The number of benzene rings is 1. The number of hydrogen-bond donors (Lipinski definition) is 1. The zero-order valence-electron chi connectivity index (χ0n) is 11.2. The van der Waals surface area contributed by atoms with Gasteiger partial charge in [0.2, 0.25) is 0 Å². The Bertz CT molecular complexity index is 544. The van der Waals surface area contributed by atoms with E-state index in [-0.39, 0.29) is 0 Å². The maximum absolute atomic E-state index is 4.79. The first kappa shape index (κ1) is 12.8. The summed E-state index contributed by atoms with van der Waals surface area (Å²) in [6, 6.07) is 8.46. The molecule has 2 heterocycles. The SMILES string of the molecule is Cc1ccccc1-c1nc(CN2CCNCC2)cs1. The van der Waals surface area contributed by atoms with Crippen LogP contribution in [0.5, 0.6) is 0 Å². The molecular weight excluding hydrogens is 254 g/mol. The van der Waals surface area contributed by atoms with Gasteiger partial charge in [-0.15, -0.1) is 11.3 Å². The van der Waals surface area contributed by atoms with Gasteiger partial charge in [-0.3, -0.25) is 4.90 Å². The molecule has 0 atom stereocenters. The van der Waals surface area contributed by atoms with E-state index in [2.05, 4.69) is 46.8 Å². The van der Waals surface area contributed by atoms with Crippen molar-refractivity contribution in [2.75, 3.05) is 26.2 Å². The molecule has 4 heteroatoms. The van der Waals surface area contributed by atoms with Crippen molar-refractivity contribution in [3.63, 3.8) is 0 Å². The molecule has 0 unspecified atom stereocenters. The van der Waals surface area contributed by atoms with Crippen molar-refractivity contribution in [1.82, 2.24) is 15.2 Å². The highest BCUT2D eigenvalue weighted by atomic mass is 32.1. The largest absolute Gasteiger partial charge is 0.314 e. The van der Waals surface area contributed by atoms with Crippen molar-refractivity contribution in [3.05, 3.63) is 40.9 Å². The summed E-state index contributed by atoms with van der Waals surface area (Å²) in [5, 5.41) is 6.72. The van der Waals surface area contributed by atoms with Gasteiger partial charge in [0.1, 0.15) is 5.01 Å². The third-order valence-corrected chi connectivity index (χ3v) is 4.45. The number of rotatable bonds is 3. The number of hydrogen-bond acceptors (Lipinski definition) is 4. The lowest BCUT2D eigenvalue weighted by Gasteiger charge is -2.26. The Hall–Kier alpha value is -1.23. The molecule has 0 amide bonds. The Labute approximate surface area is 118 Å². The van der Waals surface area contributed by atoms with Crippen LogP contribution in [0.1, 0.15) is 11.3 Å². The zero-order valence-corrected chi connectivity index (χ0v) is 12.0. The van der Waals surface area contributed by atoms with Crippen molar-refractivity contribution in [1.29, 1.82) is 0 Å². The quantitative estimate of drug-likeness (QED) is 0.931. The summed E-state index contributed by atoms with van der Waals surface area (Å²) in [6.07, 6.45) is 0. The van der Waals surface area contributed by atoms with Gasteiger partial charge >= 0.3 is 0 Å². The summed E-state index contributed by atoms with van der Waals surface area (Å²) in [7, 11) is 0. The second kappa shape index (κ2) is 5.82. The van der Waals surface area contributed by atoms with E-state index >= 15 is 0 Å². The second-order valence-corrected chi connectivity index (χ2v) is 5.84. The average Bonchev–Trinajstić information content (AvgIpc) is 2.89. The summed E-state index contributed by atoms with van der Waals surface area (Å²) in [5.41, 5.74) is 3.76. The molecule has 0 spiro atoms. The molecule has 1 aliphatic heterocycles.